The molecule has 2 aliphatic rings. The van der Waals surface area contributed by atoms with Gasteiger partial charge in [-0.2, -0.15) is 5.10 Å². The van der Waals surface area contributed by atoms with E-state index in [1.807, 2.05) is 31.2 Å². The molecule has 1 aliphatic carbocycles. The van der Waals surface area contributed by atoms with Gasteiger partial charge in [-0.3, -0.25) is 4.79 Å². The zero-order chi connectivity index (χ0) is 16.5. The number of fused-ring (bicyclic) bond motifs is 2. The number of thiophene rings is 1. The van der Waals surface area contributed by atoms with Crippen LogP contribution in [0.1, 0.15) is 45.4 Å². The fourth-order valence-electron chi connectivity index (χ4n) is 2.98. The number of ether oxygens (including phenoxy) is 2. The largest absolute Gasteiger partial charge is 0.454 e. The molecule has 1 N–H and O–H groups in total. The lowest BCUT2D eigenvalue weighted by Crippen LogP contribution is -2.18. The average Bonchev–Trinajstić information content (AvgIpc) is 3.24. The normalized spacial score (nSPS) is 16.0. The molecule has 0 fully saturated rings. The minimum absolute atomic E-state index is 0.144. The Kier molecular flexibility index (Phi) is 3.98. The van der Waals surface area contributed by atoms with E-state index in [1.54, 1.807) is 11.3 Å². The maximum absolute atomic E-state index is 12.3. The highest BCUT2D eigenvalue weighted by Gasteiger charge is 2.17. The number of benzene rings is 1. The van der Waals surface area contributed by atoms with Gasteiger partial charge in [-0.1, -0.05) is 0 Å². The second kappa shape index (κ2) is 6.28. The number of hydrogen-bond donors (Lipinski definition) is 1. The number of amides is 1. The van der Waals surface area contributed by atoms with Crippen molar-refractivity contribution < 1.29 is 14.3 Å². The highest BCUT2D eigenvalue weighted by atomic mass is 32.1. The maximum atomic E-state index is 12.3. The van der Waals surface area contributed by atoms with Crippen LogP contribution in [0.3, 0.4) is 0 Å². The van der Waals surface area contributed by atoms with E-state index in [4.69, 9.17) is 9.47 Å². The number of rotatable bonds is 3. The molecule has 1 aromatic heterocycles. The van der Waals surface area contributed by atoms with E-state index in [0.29, 0.717) is 5.75 Å². The van der Waals surface area contributed by atoms with Crippen LogP contribution in [0.4, 0.5) is 0 Å². The quantitative estimate of drug-likeness (QED) is 0.686. The van der Waals surface area contributed by atoms with Gasteiger partial charge in [0.2, 0.25) is 6.79 Å². The lowest BCUT2D eigenvalue weighted by molar-refractivity contribution is 0.0959. The smallest absolute Gasteiger partial charge is 0.281 e. The number of carbonyl (C=O) groups is 1. The van der Waals surface area contributed by atoms with E-state index in [-0.39, 0.29) is 12.7 Å². The van der Waals surface area contributed by atoms with E-state index in [1.165, 1.54) is 23.3 Å². The van der Waals surface area contributed by atoms with Crippen molar-refractivity contribution in [3.8, 4) is 11.5 Å². The number of carbonyl (C=O) groups excluding carboxylic acids is 1. The van der Waals surface area contributed by atoms with Gasteiger partial charge in [0.25, 0.3) is 5.91 Å². The highest BCUT2D eigenvalue weighted by Crippen LogP contribution is 2.32. The summed E-state index contributed by atoms with van der Waals surface area (Å²) in [5.74, 6) is 1.30. The molecule has 0 bridgehead atoms. The Balaban J connectivity index is 1.47. The van der Waals surface area contributed by atoms with Gasteiger partial charge in [0.05, 0.1) is 10.6 Å². The summed E-state index contributed by atoms with van der Waals surface area (Å²) >= 11 is 1.59. The monoisotopic (exact) mass is 342 g/mol. The predicted molar refractivity (Wildman–Crippen MR) is 93.2 cm³/mol. The summed E-state index contributed by atoms with van der Waals surface area (Å²) in [6.07, 6.45) is 4.60. The number of nitrogens with one attached hydrogen (secondary N) is 1. The zero-order valence-corrected chi connectivity index (χ0v) is 14.2. The van der Waals surface area contributed by atoms with Gasteiger partial charge >= 0.3 is 0 Å². The molecule has 2 aromatic rings. The Labute approximate surface area is 144 Å². The molecule has 0 saturated carbocycles. The first-order chi connectivity index (χ1) is 11.7. The Morgan fingerprint density at radius 2 is 2.00 bits per heavy atom. The second-order valence-corrected chi connectivity index (χ2v) is 7.11. The van der Waals surface area contributed by atoms with Gasteiger partial charge in [-0.15, -0.1) is 11.3 Å². The second-order valence-electron chi connectivity index (χ2n) is 5.97. The number of hydrazone groups is 1. The van der Waals surface area contributed by atoms with Gasteiger partial charge < -0.3 is 9.47 Å². The summed E-state index contributed by atoms with van der Waals surface area (Å²) in [6, 6.07) is 7.64. The predicted octanol–water partition coefficient (Wildman–Crippen LogP) is 3.51. The van der Waals surface area contributed by atoms with E-state index in [2.05, 4.69) is 10.5 Å². The molecule has 1 amide bonds. The minimum Gasteiger partial charge on any atom is -0.454 e. The van der Waals surface area contributed by atoms with Crippen molar-refractivity contribution in [1.29, 1.82) is 0 Å². The van der Waals surface area contributed by atoms with Crippen LogP contribution in [0.25, 0.3) is 0 Å². The molecular formula is C18H18N2O3S. The average molecular weight is 342 g/mol. The first kappa shape index (κ1) is 15.2. The van der Waals surface area contributed by atoms with E-state index >= 15 is 0 Å². The van der Waals surface area contributed by atoms with Crippen molar-refractivity contribution in [2.45, 2.75) is 32.6 Å². The molecule has 0 atom stereocenters. The molecule has 0 spiro atoms. The van der Waals surface area contributed by atoms with Gasteiger partial charge in [0, 0.05) is 10.4 Å². The van der Waals surface area contributed by atoms with Gasteiger partial charge in [-0.05, 0) is 62.4 Å². The Morgan fingerprint density at radius 1 is 1.17 bits per heavy atom. The van der Waals surface area contributed by atoms with Crippen molar-refractivity contribution in [2.75, 3.05) is 6.79 Å². The highest BCUT2D eigenvalue weighted by molar-refractivity contribution is 7.14. The van der Waals surface area contributed by atoms with Crippen molar-refractivity contribution >= 4 is 23.0 Å². The number of aryl methyl sites for hydroxylation is 2. The van der Waals surface area contributed by atoms with Crippen molar-refractivity contribution in [1.82, 2.24) is 5.43 Å². The number of hydrogen-bond acceptors (Lipinski definition) is 5. The molecule has 24 heavy (non-hydrogen) atoms. The SMILES string of the molecule is C/C(=N\NC(=O)c1cc2c(s1)CCCC2)c1ccc2c(c1)OCO2. The van der Waals surface area contributed by atoms with E-state index < -0.39 is 0 Å². The van der Waals surface area contributed by atoms with Crippen LogP contribution in [0.5, 0.6) is 11.5 Å². The summed E-state index contributed by atoms with van der Waals surface area (Å²) in [4.78, 5) is 14.4. The molecule has 124 valence electrons. The Bertz CT molecular complexity index is 802. The van der Waals surface area contributed by atoms with Crippen LogP contribution in [0.15, 0.2) is 29.4 Å². The first-order valence-corrected chi connectivity index (χ1v) is 8.88. The maximum Gasteiger partial charge on any atom is 0.281 e. The molecule has 0 unspecified atom stereocenters. The summed E-state index contributed by atoms with van der Waals surface area (Å²) in [5.41, 5.74) is 5.61. The first-order valence-electron chi connectivity index (χ1n) is 8.07. The summed E-state index contributed by atoms with van der Waals surface area (Å²) < 4.78 is 10.7. The van der Waals surface area contributed by atoms with Crippen LogP contribution in [0.2, 0.25) is 0 Å². The minimum atomic E-state index is -0.144. The van der Waals surface area contributed by atoms with Gasteiger partial charge in [0.15, 0.2) is 11.5 Å². The third kappa shape index (κ3) is 2.89. The topological polar surface area (TPSA) is 59.9 Å². The van der Waals surface area contributed by atoms with E-state index in [9.17, 15) is 4.79 Å². The molecule has 4 rings (SSSR count). The summed E-state index contributed by atoms with van der Waals surface area (Å²) in [7, 11) is 0. The van der Waals surface area contributed by atoms with Crippen molar-refractivity contribution in [3.05, 3.63) is 45.1 Å². The van der Waals surface area contributed by atoms with Crippen LogP contribution >= 0.6 is 11.3 Å². The van der Waals surface area contributed by atoms with Crippen LogP contribution in [0, 0.1) is 0 Å². The van der Waals surface area contributed by atoms with Crippen LogP contribution in [-0.4, -0.2) is 18.4 Å². The lowest BCUT2D eigenvalue weighted by atomic mass is 9.99. The van der Waals surface area contributed by atoms with Gasteiger partial charge in [-0.25, -0.2) is 5.43 Å². The Hall–Kier alpha value is -2.34. The summed E-state index contributed by atoms with van der Waals surface area (Å²) in [5, 5.41) is 4.23. The van der Waals surface area contributed by atoms with Crippen molar-refractivity contribution in [3.63, 3.8) is 0 Å². The molecule has 2 heterocycles. The fraction of sp³-hybridized carbons (Fsp3) is 0.333. The standard InChI is InChI=1S/C18H18N2O3S/c1-11(12-6-7-14-15(8-12)23-10-22-14)19-20-18(21)17-9-13-4-2-3-5-16(13)24-17/h6-9H,2-5,10H2,1H3,(H,20,21)/b19-11+. The molecular weight excluding hydrogens is 324 g/mol. The summed E-state index contributed by atoms with van der Waals surface area (Å²) in [6.45, 7) is 2.10. The van der Waals surface area contributed by atoms with Crippen LogP contribution in [-0.2, 0) is 12.8 Å². The lowest BCUT2D eigenvalue weighted by Gasteiger charge is -2.08. The van der Waals surface area contributed by atoms with Crippen molar-refractivity contribution in [2.24, 2.45) is 5.10 Å². The Morgan fingerprint density at radius 3 is 2.88 bits per heavy atom. The van der Waals surface area contributed by atoms with Gasteiger partial charge in [0.1, 0.15) is 0 Å². The third-order valence-electron chi connectivity index (χ3n) is 4.34. The molecule has 1 aliphatic heterocycles. The molecule has 1 aromatic carbocycles. The van der Waals surface area contributed by atoms with E-state index in [0.717, 1.165) is 34.7 Å². The van der Waals surface area contributed by atoms with Crippen LogP contribution < -0.4 is 14.9 Å². The third-order valence-corrected chi connectivity index (χ3v) is 5.57. The number of nitrogens with zero attached hydrogens (tertiary/aromatic N) is 1. The molecule has 0 radical (unpaired) electrons. The molecule has 5 nitrogen and oxygen atoms in total. The zero-order valence-electron chi connectivity index (χ0n) is 13.4. The molecule has 6 heteroatoms. The molecule has 0 saturated heterocycles. The fourth-order valence-corrected chi connectivity index (χ4v) is 4.12.